The number of rotatable bonds is 7. The highest BCUT2D eigenvalue weighted by Gasteiger charge is 2.29. The van der Waals surface area contributed by atoms with E-state index in [0.717, 1.165) is 37.6 Å². The van der Waals surface area contributed by atoms with Crippen molar-refractivity contribution in [1.29, 1.82) is 0 Å². The van der Waals surface area contributed by atoms with E-state index in [-0.39, 0.29) is 0 Å². The van der Waals surface area contributed by atoms with Gasteiger partial charge in [0.15, 0.2) is 5.82 Å². The minimum atomic E-state index is 0.389. The van der Waals surface area contributed by atoms with Crippen molar-refractivity contribution >= 4 is 0 Å². The van der Waals surface area contributed by atoms with Crippen LogP contribution in [-0.4, -0.2) is 48.3 Å². The van der Waals surface area contributed by atoms with Crippen molar-refractivity contribution in [3.05, 3.63) is 11.7 Å². The van der Waals surface area contributed by atoms with Crippen LogP contribution in [0, 0.1) is 0 Å². The van der Waals surface area contributed by atoms with E-state index in [2.05, 4.69) is 41.4 Å². The fraction of sp³-hybridized carbons (Fsp3) is 0.875. The van der Waals surface area contributed by atoms with Crippen LogP contribution in [0.25, 0.3) is 0 Å². The van der Waals surface area contributed by atoms with Crippen molar-refractivity contribution in [2.75, 3.05) is 27.2 Å². The Labute approximate surface area is 128 Å². The quantitative estimate of drug-likeness (QED) is 0.783. The fourth-order valence-corrected chi connectivity index (χ4v) is 3.02. The van der Waals surface area contributed by atoms with Gasteiger partial charge in [0.2, 0.25) is 5.89 Å². The first-order valence-corrected chi connectivity index (χ1v) is 8.41. The van der Waals surface area contributed by atoms with Gasteiger partial charge in [0.05, 0.1) is 5.92 Å². The van der Waals surface area contributed by atoms with Gasteiger partial charge in [0.1, 0.15) is 0 Å². The summed E-state index contributed by atoms with van der Waals surface area (Å²) < 4.78 is 5.58. The number of nitrogens with one attached hydrogen (secondary N) is 1. The van der Waals surface area contributed by atoms with Crippen LogP contribution < -0.4 is 5.32 Å². The molecule has 5 nitrogen and oxygen atoms in total. The van der Waals surface area contributed by atoms with Gasteiger partial charge in [0, 0.05) is 19.0 Å². The third kappa shape index (κ3) is 5.08. The van der Waals surface area contributed by atoms with E-state index in [1.807, 2.05) is 0 Å². The highest BCUT2D eigenvalue weighted by molar-refractivity contribution is 5.01. The van der Waals surface area contributed by atoms with E-state index in [0.29, 0.717) is 12.0 Å². The van der Waals surface area contributed by atoms with Crippen LogP contribution in [0.4, 0.5) is 0 Å². The first-order valence-electron chi connectivity index (χ1n) is 8.41. The number of hydrogen-bond donors (Lipinski definition) is 1. The molecular formula is C16H30N4O. The van der Waals surface area contributed by atoms with Gasteiger partial charge in [-0.05, 0) is 39.9 Å². The highest BCUT2D eigenvalue weighted by Crippen LogP contribution is 2.31. The fourth-order valence-electron chi connectivity index (χ4n) is 3.02. The van der Waals surface area contributed by atoms with Crippen molar-refractivity contribution in [1.82, 2.24) is 20.4 Å². The van der Waals surface area contributed by atoms with Crippen LogP contribution >= 0.6 is 0 Å². The van der Waals surface area contributed by atoms with Crippen molar-refractivity contribution in [3.8, 4) is 0 Å². The zero-order chi connectivity index (χ0) is 15.1. The molecule has 1 fully saturated rings. The lowest BCUT2D eigenvalue weighted by Crippen LogP contribution is -2.35. The zero-order valence-electron chi connectivity index (χ0n) is 13.8. The summed E-state index contributed by atoms with van der Waals surface area (Å²) in [6.07, 6.45) is 8.31. The van der Waals surface area contributed by atoms with E-state index >= 15 is 0 Å². The molecule has 1 N–H and O–H groups in total. The molecule has 1 heterocycles. The standard InChI is InChI=1S/C16H30N4O/c1-4-11-17-14-9-7-5-6-8-13(14)16-18-15(19-21-16)10-12-20(2)3/h13-14,17H,4-12H2,1-3H3. The Morgan fingerprint density at radius 3 is 2.81 bits per heavy atom. The zero-order valence-corrected chi connectivity index (χ0v) is 13.8. The molecule has 0 bridgehead atoms. The molecule has 120 valence electrons. The maximum Gasteiger partial charge on any atom is 0.231 e. The molecule has 5 heteroatoms. The molecule has 0 spiro atoms. The Kier molecular flexibility index (Phi) is 6.64. The van der Waals surface area contributed by atoms with Crippen molar-refractivity contribution in [2.24, 2.45) is 0 Å². The molecule has 1 aliphatic carbocycles. The lowest BCUT2D eigenvalue weighted by Gasteiger charge is -2.23. The Morgan fingerprint density at radius 1 is 1.24 bits per heavy atom. The molecule has 0 aliphatic heterocycles. The molecule has 0 amide bonds. The average Bonchev–Trinajstić information content (AvgIpc) is 2.81. The average molecular weight is 294 g/mol. The molecule has 1 aliphatic rings. The molecule has 2 unspecified atom stereocenters. The largest absolute Gasteiger partial charge is 0.339 e. The molecule has 1 aromatic rings. The summed E-state index contributed by atoms with van der Waals surface area (Å²) in [6.45, 7) is 4.24. The maximum absolute atomic E-state index is 5.58. The summed E-state index contributed by atoms with van der Waals surface area (Å²) in [7, 11) is 4.13. The first-order chi connectivity index (χ1) is 10.2. The number of hydrogen-bond acceptors (Lipinski definition) is 5. The first kappa shape index (κ1) is 16.4. The van der Waals surface area contributed by atoms with Crippen LogP contribution in [0.1, 0.15) is 63.1 Å². The molecule has 0 saturated heterocycles. The van der Waals surface area contributed by atoms with E-state index in [9.17, 15) is 0 Å². The molecule has 0 aromatic carbocycles. The predicted molar refractivity (Wildman–Crippen MR) is 84.5 cm³/mol. The summed E-state index contributed by atoms with van der Waals surface area (Å²) in [6, 6.07) is 0.495. The molecule has 0 radical (unpaired) electrons. The minimum absolute atomic E-state index is 0.389. The van der Waals surface area contributed by atoms with E-state index in [1.165, 1.54) is 32.1 Å². The second-order valence-electron chi connectivity index (χ2n) is 6.41. The molecule has 2 rings (SSSR count). The number of nitrogens with zero attached hydrogens (tertiary/aromatic N) is 3. The molecule has 2 atom stereocenters. The van der Waals surface area contributed by atoms with Crippen LogP contribution in [0.3, 0.4) is 0 Å². The summed E-state index contributed by atoms with van der Waals surface area (Å²) >= 11 is 0. The number of aromatic nitrogens is 2. The Bertz CT molecular complexity index is 405. The third-order valence-electron chi connectivity index (χ3n) is 4.26. The van der Waals surface area contributed by atoms with Gasteiger partial charge in [-0.3, -0.25) is 0 Å². The molecular weight excluding hydrogens is 264 g/mol. The van der Waals surface area contributed by atoms with Gasteiger partial charge in [-0.25, -0.2) is 0 Å². The summed E-state index contributed by atoms with van der Waals surface area (Å²) in [5.74, 6) is 2.08. The van der Waals surface area contributed by atoms with Gasteiger partial charge in [0.25, 0.3) is 0 Å². The van der Waals surface area contributed by atoms with Crippen LogP contribution in [-0.2, 0) is 6.42 Å². The Hall–Kier alpha value is -0.940. The van der Waals surface area contributed by atoms with E-state index in [4.69, 9.17) is 4.52 Å². The summed E-state index contributed by atoms with van der Waals surface area (Å²) in [5, 5.41) is 7.85. The topological polar surface area (TPSA) is 54.2 Å². The van der Waals surface area contributed by atoms with Gasteiger partial charge < -0.3 is 14.7 Å². The summed E-state index contributed by atoms with van der Waals surface area (Å²) in [4.78, 5) is 6.81. The maximum atomic E-state index is 5.58. The number of likely N-dealkylation sites (N-methyl/N-ethyl adjacent to an activating group) is 1. The summed E-state index contributed by atoms with van der Waals surface area (Å²) in [5.41, 5.74) is 0. The third-order valence-corrected chi connectivity index (χ3v) is 4.26. The van der Waals surface area contributed by atoms with Crippen LogP contribution in [0.2, 0.25) is 0 Å². The molecule has 1 aromatic heterocycles. The van der Waals surface area contributed by atoms with Crippen LogP contribution in [0.5, 0.6) is 0 Å². The smallest absolute Gasteiger partial charge is 0.231 e. The molecule has 21 heavy (non-hydrogen) atoms. The van der Waals surface area contributed by atoms with E-state index < -0.39 is 0 Å². The van der Waals surface area contributed by atoms with Crippen molar-refractivity contribution in [3.63, 3.8) is 0 Å². The van der Waals surface area contributed by atoms with Gasteiger partial charge in [-0.15, -0.1) is 0 Å². The monoisotopic (exact) mass is 294 g/mol. The lowest BCUT2D eigenvalue weighted by molar-refractivity contribution is 0.301. The SMILES string of the molecule is CCCNC1CCCCCC1c1nc(CCN(C)C)no1. The normalized spacial score (nSPS) is 23.4. The van der Waals surface area contributed by atoms with Gasteiger partial charge in [-0.2, -0.15) is 4.98 Å². The minimum Gasteiger partial charge on any atom is -0.339 e. The lowest BCUT2D eigenvalue weighted by atomic mass is 9.94. The second-order valence-corrected chi connectivity index (χ2v) is 6.41. The van der Waals surface area contributed by atoms with Gasteiger partial charge >= 0.3 is 0 Å². The predicted octanol–water partition coefficient (Wildman–Crippen LogP) is 2.59. The van der Waals surface area contributed by atoms with Gasteiger partial charge in [-0.1, -0.05) is 31.3 Å². The van der Waals surface area contributed by atoms with Crippen molar-refractivity contribution in [2.45, 2.75) is 63.8 Å². The van der Waals surface area contributed by atoms with Crippen molar-refractivity contribution < 1.29 is 4.52 Å². The van der Waals surface area contributed by atoms with Crippen LogP contribution in [0.15, 0.2) is 4.52 Å². The second kappa shape index (κ2) is 8.49. The Balaban J connectivity index is 2.01. The van der Waals surface area contributed by atoms with E-state index in [1.54, 1.807) is 0 Å². The Morgan fingerprint density at radius 2 is 2.05 bits per heavy atom. The molecule has 1 saturated carbocycles. The highest BCUT2D eigenvalue weighted by atomic mass is 16.5.